The molecule has 1 amide bonds. The van der Waals surface area contributed by atoms with Gasteiger partial charge in [-0.05, 0) is 55.6 Å². The molecule has 1 N–H and O–H groups in total. The van der Waals surface area contributed by atoms with E-state index in [1.165, 1.54) is 43.5 Å². The first-order chi connectivity index (χ1) is 13.3. The highest BCUT2D eigenvalue weighted by molar-refractivity contribution is 5.81. The monoisotopic (exact) mass is 366 g/mol. The molecule has 0 aromatic heterocycles. The van der Waals surface area contributed by atoms with Crippen molar-refractivity contribution < 1.29 is 9.53 Å². The Bertz CT molecular complexity index is 711. The van der Waals surface area contributed by atoms with Crippen molar-refractivity contribution in [2.75, 3.05) is 13.1 Å². The molecule has 1 aliphatic rings. The molecule has 1 aliphatic heterocycles. The number of likely N-dealkylation sites (tertiary alicyclic amines) is 1. The van der Waals surface area contributed by atoms with Crippen molar-refractivity contribution in [3.63, 3.8) is 0 Å². The summed E-state index contributed by atoms with van der Waals surface area (Å²) in [5.41, 5.74) is 2.49. The molecule has 2 aromatic carbocycles. The third-order valence-corrected chi connectivity index (χ3v) is 5.10. The van der Waals surface area contributed by atoms with Crippen LogP contribution < -0.4 is 10.1 Å². The second-order valence-corrected chi connectivity index (χ2v) is 7.15. The van der Waals surface area contributed by atoms with Gasteiger partial charge in [0.05, 0.1) is 0 Å². The summed E-state index contributed by atoms with van der Waals surface area (Å²) >= 11 is 0. The molecule has 1 saturated heterocycles. The Morgan fingerprint density at radius 2 is 1.67 bits per heavy atom. The van der Waals surface area contributed by atoms with Gasteiger partial charge in [-0.15, -0.1) is 0 Å². The van der Waals surface area contributed by atoms with Crippen LogP contribution in [0.4, 0.5) is 0 Å². The maximum atomic E-state index is 12.6. The highest BCUT2D eigenvalue weighted by Crippen LogP contribution is 2.17. The standard InChI is InChI=1S/C23H30N2O2/c1-2-22(27-21-13-5-3-6-14-21)23(26)24-17-19-11-7-8-12-20(19)18-25-15-9-4-10-16-25/h3,5-8,11-14,22H,2,4,9-10,15-18H2,1H3,(H,24,26). The van der Waals surface area contributed by atoms with Gasteiger partial charge in [0.1, 0.15) is 5.75 Å². The van der Waals surface area contributed by atoms with E-state index in [1.807, 2.05) is 43.3 Å². The van der Waals surface area contributed by atoms with Crippen LogP contribution >= 0.6 is 0 Å². The summed E-state index contributed by atoms with van der Waals surface area (Å²) in [6.07, 6.45) is 4.08. The van der Waals surface area contributed by atoms with E-state index in [2.05, 4.69) is 28.4 Å². The van der Waals surface area contributed by atoms with E-state index >= 15 is 0 Å². The third-order valence-electron chi connectivity index (χ3n) is 5.10. The largest absolute Gasteiger partial charge is 0.481 e. The van der Waals surface area contributed by atoms with Gasteiger partial charge in [0.2, 0.25) is 0 Å². The Morgan fingerprint density at radius 3 is 2.37 bits per heavy atom. The zero-order chi connectivity index (χ0) is 18.9. The molecule has 4 nitrogen and oxygen atoms in total. The molecule has 4 heteroatoms. The molecule has 2 aromatic rings. The molecule has 0 radical (unpaired) electrons. The fourth-order valence-corrected chi connectivity index (χ4v) is 3.52. The van der Waals surface area contributed by atoms with Gasteiger partial charge in [0.15, 0.2) is 6.10 Å². The summed E-state index contributed by atoms with van der Waals surface area (Å²) in [6, 6.07) is 17.9. The Morgan fingerprint density at radius 1 is 1.00 bits per heavy atom. The number of carbonyl (C=O) groups excluding carboxylic acids is 1. The van der Waals surface area contributed by atoms with Gasteiger partial charge in [-0.2, -0.15) is 0 Å². The minimum atomic E-state index is -0.471. The third kappa shape index (κ3) is 5.83. The second kappa shape index (κ2) is 10.1. The molecule has 0 bridgehead atoms. The first kappa shape index (κ1) is 19.4. The first-order valence-corrected chi connectivity index (χ1v) is 10.0. The molecule has 27 heavy (non-hydrogen) atoms. The zero-order valence-corrected chi connectivity index (χ0v) is 16.2. The first-order valence-electron chi connectivity index (χ1n) is 10.0. The number of hydrogen-bond donors (Lipinski definition) is 1. The number of piperidine rings is 1. The number of benzene rings is 2. The Labute approximate surface area is 162 Å². The van der Waals surface area contributed by atoms with E-state index in [4.69, 9.17) is 4.74 Å². The van der Waals surface area contributed by atoms with Gasteiger partial charge in [-0.3, -0.25) is 9.69 Å². The molecule has 1 fully saturated rings. The molecular weight excluding hydrogens is 336 g/mol. The van der Waals surface area contributed by atoms with Gasteiger partial charge in [-0.25, -0.2) is 0 Å². The van der Waals surface area contributed by atoms with Crippen LogP contribution in [-0.4, -0.2) is 30.0 Å². The lowest BCUT2D eigenvalue weighted by Crippen LogP contribution is -2.38. The van der Waals surface area contributed by atoms with E-state index in [9.17, 15) is 4.79 Å². The van der Waals surface area contributed by atoms with E-state index in [0.717, 1.165) is 12.3 Å². The number of carbonyl (C=O) groups is 1. The number of amides is 1. The van der Waals surface area contributed by atoms with Crippen molar-refractivity contribution in [1.29, 1.82) is 0 Å². The van der Waals surface area contributed by atoms with E-state index in [0.29, 0.717) is 13.0 Å². The number of para-hydroxylation sites is 1. The number of nitrogens with one attached hydrogen (secondary N) is 1. The lowest BCUT2D eigenvalue weighted by molar-refractivity contribution is -0.128. The summed E-state index contributed by atoms with van der Waals surface area (Å²) in [5.74, 6) is 0.666. The van der Waals surface area contributed by atoms with Gasteiger partial charge in [-0.1, -0.05) is 55.8 Å². The lowest BCUT2D eigenvalue weighted by Gasteiger charge is -2.27. The van der Waals surface area contributed by atoms with Crippen LogP contribution in [0.15, 0.2) is 54.6 Å². The summed E-state index contributed by atoms with van der Waals surface area (Å²) in [4.78, 5) is 15.1. The second-order valence-electron chi connectivity index (χ2n) is 7.15. The molecule has 1 unspecified atom stereocenters. The fourth-order valence-electron chi connectivity index (χ4n) is 3.52. The van der Waals surface area contributed by atoms with Crippen molar-refractivity contribution in [3.8, 4) is 5.75 Å². The minimum absolute atomic E-state index is 0.0610. The maximum Gasteiger partial charge on any atom is 0.261 e. The molecule has 0 aliphatic carbocycles. The number of rotatable bonds is 8. The highest BCUT2D eigenvalue weighted by Gasteiger charge is 2.19. The van der Waals surface area contributed by atoms with E-state index in [1.54, 1.807) is 0 Å². The molecule has 144 valence electrons. The molecule has 0 spiro atoms. The summed E-state index contributed by atoms with van der Waals surface area (Å²) in [5, 5.41) is 3.07. The molecule has 0 saturated carbocycles. The van der Waals surface area contributed by atoms with E-state index < -0.39 is 6.10 Å². The SMILES string of the molecule is CCC(Oc1ccccc1)C(=O)NCc1ccccc1CN1CCCCC1. The predicted molar refractivity (Wildman–Crippen MR) is 109 cm³/mol. The fraction of sp³-hybridized carbons (Fsp3) is 0.435. The highest BCUT2D eigenvalue weighted by atomic mass is 16.5. The van der Waals surface area contributed by atoms with Crippen molar-refractivity contribution in [2.24, 2.45) is 0 Å². The average molecular weight is 367 g/mol. The Balaban J connectivity index is 1.57. The smallest absolute Gasteiger partial charge is 0.261 e. The van der Waals surface area contributed by atoms with Crippen molar-refractivity contribution in [3.05, 3.63) is 65.7 Å². The van der Waals surface area contributed by atoms with Gasteiger partial charge in [0, 0.05) is 13.1 Å². The molecular formula is C23H30N2O2. The van der Waals surface area contributed by atoms with Crippen LogP contribution in [-0.2, 0) is 17.9 Å². The Kier molecular flexibility index (Phi) is 7.28. The quantitative estimate of drug-likeness (QED) is 0.763. The molecule has 1 atom stereocenters. The van der Waals surface area contributed by atoms with Gasteiger partial charge in [0.25, 0.3) is 5.91 Å². The summed E-state index contributed by atoms with van der Waals surface area (Å²) < 4.78 is 5.85. The van der Waals surface area contributed by atoms with Crippen LogP contribution in [0.1, 0.15) is 43.7 Å². The van der Waals surface area contributed by atoms with E-state index in [-0.39, 0.29) is 5.91 Å². The Hall–Kier alpha value is -2.33. The summed E-state index contributed by atoms with van der Waals surface area (Å²) in [6.45, 7) is 5.81. The number of ether oxygens (including phenoxy) is 1. The number of hydrogen-bond acceptors (Lipinski definition) is 3. The predicted octanol–water partition coefficient (Wildman–Crippen LogP) is 4.15. The molecule has 1 heterocycles. The topological polar surface area (TPSA) is 41.6 Å². The average Bonchev–Trinajstić information content (AvgIpc) is 2.72. The zero-order valence-electron chi connectivity index (χ0n) is 16.2. The lowest BCUT2D eigenvalue weighted by atomic mass is 10.0. The van der Waals surface area contributed by atoms with Gasteiger partial charge < -0.3 is 10.1 Å². The van der Waals surface area contributed by atoms with Crippen LogP contribution in [0.3, 0.4) is 0 Å². The van der Waals surface area contributed by atoms with Crippen molar-refractivity contribution >= 4 is 5.91 Å². The molecule has 3 rings (SSSR count). The number of nitrogens with zero attached hydrogens (tertiary/aromatic N) is 1. The van der Waals surface area contributed by atoms with Crippen LogP contribution in [0.5, 0.6) is 5.75 Å². The minimum Gasteiger partial charge on any atom is -0.481 e. The normalized spacial score (nSPS) is 15.9. The van der Waals surface area contributed by atoms with Crippen LogP contribution in [0.2, 0.25) is 0 Å². The van der Waals surface area contributed by atoms with Crippen molar-refractivity contribution in [2.45, 2.75) is 51.8 Å². The van der Waals surface area contributed by atoms with Crippen molar-refractivity contribution in [1.82, 2.24) is 10.2 Å². The van der Waals surface area contributed by atoms with Crippen LogP contribution in [0, 0.1) is 0 Å². The summed E-state index contributed by atoms with van der Waals surface area (Å²) in [7, 11) is 0. The van der Waals surface area contributed by atoms with Gasteiger partial charge >= 0.3 is 0 Å². The van der Waals surface area contributed by atoms with Crippen LogP contribution in [0.25, 0.3) is 0 Å². The maximum absolute atomic E-state index is 12.6.